The van der Waals surface area contributed by atoms with E-state index in [1.54, 1.807) is 7.11 Å². The summed E-state index contributed by atoms with van der Waals surface area (Å²) in [6, 6.07) is 33.2. The molecule has 2 aliphatic heterocycles. The van der Waals surface area contributed by atoms with Gasteiger partial charge in [0, 0.05) is 85.7 Å². The number of methoxy groups -OCH3 is 1. The first kappa shape index (κ1) is 47.1. The van der Waals surface area contributed by atoms with Crippen LogP contribution in [0.4, 0.5) is 4.39 Å². The van der Waals surface area contributed by atoms with Crippen molar-refractivity contribution >= 4 is 23.2 Å². The van der Waals surface area contributed by atoms with Crippen molar-refractivity contribution < 1.29 is 13.9 Å². The molecule has 63 heavy (non-hydrogen) atoms. The van der Waals surface area contributed by atoms with E-state index in [2.05, 4.69) is 103 Å². The van der Waals surface area contributed by atoms with Gasteiger partial charge in [-0.1, -0.05) is 71.7 Å². The van der Waals surface area contributed by atoms with Gasteiger partial charge in [-0.15, -0.1) is 0 Å². The predicted molar refractivity (Wildman–Crippen MR) is 256 cm³/mol. The second kappa shape index (κ2) is 22.9. The molecule has 2 saturated heterocycles. The Labute approximate surface area is 384 Å². The van der Waals surface area contributed by atoms with Crippen LogP contribution in [0.5, 0.6) is 11.5 Å². The lowest BCUT2D eigenvalue weighted by Gasteiger charge is -2.46. The van der Waals surface area contributed by atoms with E-state index in [1.165, 1.54) is 11.1 Å². The number of piperidine rings is 1. The fourth-order valence-corrected chi connectivity index (χ4v) is 9.84. The Morgan fingerprint density at radius 2 is 1.70 bits per heavy atom. The van der Waals surface area contributed by atoms with Gasteiger partial charge >= 0.3 is 0 Å². The summed E-state index contributed by atoms with van der Waals surface area (Å²) in [4.78, 5) is 11.9. The Bertz CT molecular complexity index is 2160. The van der Waals surface area contributed by atoms with E-state index in [0.29, 0.717) is 48.6 Å². The van der Waals surface area contributed by atoms with E-state index in [1.807, 2.05) is 56.7 Å². The maximum atomic E-state index is 14.7. The molecule has 2 aliphatic rings. The normalized spacial score (nSPS) is 22.8. The Morgan fingerprint density at radius 3 is 2.44 bits per heavy atom. The van der Waals surface area contributed by atoms with Crippen LogP contribution in [0.25, 0.3) is 11.3 Å². The minimum absolute atomic E-state index is 0.0357. The van der Waals surface area contributed by atoms with Crippen LogP contribution >= 0.6 is 23.2 Å². The highest BCUT2D eigenvalue weighted by atomic mass is 35.5. The van der Waals surface area contributed by atoms with Crippen LogP contribution in [0.2, 0.25) is 10.0 Å². The Kier molecular flexibility index (Phi) is 17.1. The molecule has 7 rings (SSSR count). The van der Waals surface area contributed by atoms with Crippen LogP contribution < -0.4 is 15.4 Å². The number of nitrogens with zero attached hydrogens (tertiary/aromatic N) is 5. The second-order valence-corrected chi connectivity index (χ2v) is 18.9. The molecule has 338 valence electrons. The molecule has 0 aliphatic carbocycles. The van der Waals surface area contributed by atoms with Crippen LogP contribution in [0, 0.1) is 5.92 Å². The third-order valence-corrected chi connectivity index (χ3v) is 13.3. The second-order valence-electron chi connectivity index (χ2n) is 18.0. The van der Waals surface area contributed by atoms with Gasteiger partial charge < -0.3 is 34.5 Å². The highest BCUT2D eigenvalue weighted by Gasteiger charge is 2.37. The summed E-state index contributed by atoms with van der Waals surface area (Å²) in [5, 5.41) is 9.30. The topological polar surface area (TPSA) is 70.1 Å². The molecule has 2 bridgehead atoms. The van der Waals surface area contributed by atoms with E-state index in [-0.39, 0.29) is 17.6 Å². The fourth-order valence-electron chi connectivity index (χ4n) is 9.55. The minimum Gasteiger partial charge on any atom is -0.457 e. The van der Waals surface area contributed by atoms with Crippen molar-refractivity contribution in [3.63, 3.8) is 0 Å². The molecule has 2 N–H and O–H groups in total. The van der Waals surface area contributed by atoms with E-state index < -0.39 is 6.67 Å². The summed E-state index contributed by atoms with van der Waals surface area (Å²) in [6.07, 6.45) is 7.40. The van der Waals surface area contributed by atoms with Crippen molar-refractivity contribution in [1.82, 2.24) is 34.9 Å². The average molecular weight is 899 g/mol. The number of ether oxygens (including phenoxy) is 2. The summed E-state index contributed by atoms with van der Waals surface area (Å²) in [7, 11) is 7.90. The number of benzene rings is 4. The highest BCUT2D eigenvalue weighted by molar-refractivity contribution is 6.31. The van der Waals surface area contributed by atoms with Gasteiger partial charge in [-0.25, -0.2) is 4.98 Å². The van der Waals surface area contributed by atoms with E-state index in [4.69, 9.17) is 32.7 Å². The largest absolute Gasteiger partial charge is 0.457 e. The number of fused-ring (bicyclic) bond motifs is 2. The quantitative estimate of drug-likeness (QED) is 0.108. The molecule has 1 unspecified atom stereocenters. The van der Waals surface area contributed by atoms with Gasteiger partial charge in [0.05, 0.1) is 31.7 Å². The number of imidazole rings is 1. The van der Waals surface area contributed by atoms with E-state index in [0.717, 1.165) is 99.0 Å². The lowest BCUT2D eigenvalue weighted by molar-refractivity contribution is 0.0814. The molecule has 0 radical (unpaired) electrons. The number of aromatic nitrogens is 2. The monoisotopic (exact) mass is 897 g/mol. The van der Waals surface area contributed by atoms with Gasteiger partial charge in [0.15, 0.2) is 0 Å². The summed E-state index contributed by atoms with van der Waals surface area (Å²) in [5.74, 6) is 2.81. The molecule has 0 saturated carbocycles. The van der Waals surface area contributed by atoms with Gasteiger partial charge in [0.25, 0.3) is 0 Å². The summed E-state index contributed by atoms with van der Waals surface area (Å²) < 4.78 is 29.3. The predicted octanol–water partition coefficient (Wildman–Crippen LogP) is 9.31. The zero-order chi connectivity index (χ0) is 44.2. The molecule has 2 fully saturated rings. The van der Waals surface area contributed by atoms with Gasteiger partial charge in [-0.2, -0.15) is 0 Å². The Morgan fingerprint density at radius 1 is 0.921 bits per heavy atom. The van der Waals surface area contributed by atoms with Crippen molar-refractivity contribution in [2.75, 3.05) is 73.8 Å². The molecular weight excluding hydrogens is 833 g/mol. The zero-order valence-corrected chi connectivity index (χ0v) is 39.1. The molecule has 5 atom stereocenters. The number of hydrogen-bond donors (Lipinski definition) is 2. The van der Waals surface area contributed by atoms with Gasteiger partial charge in [-0.05, 0) is 131 Å². The van der Waals surface area contributed by atoms with Crippen molar-refractivity contribution in [2.24, 2.45) is 13.0 Å². The first-order valence-corrected chi connectivity index (χ1v) is 23.3. The van der Waals surface area contributed by atoms with Crippen LogP contribution in [-0.4, -0.2) is 116 Å². The molecular formula is C51H66Cl2FN7O2. The zero-order valence-electron chi connectivity index (χ0n) is 37.5. The van der Waals surface area contributed by atoms with Crippen molar-refractivity contribution in [3.8, 4) is 22.8 Å². The van der Waals surface area contributed by atoms with E-state index in [9.17, 15) is 4.39 Å². The molecule has 9 nitrogen and oxygen atoms in total. The Balaban J connectivity index is 1.16. The van der Waals surface area contributed by atoms with Crippen LogP contribution in [0.1, 0.15) is 48.2 Å². The first-order chi connectivity index (χ1) is 30.6. The molecule has 3 heterocycles. The third kappa shape index (κ3) is 13.4. The molecule has 12 heteroatoms. The highest BCUT2D eigenvalue weighted by Crippen LogP contribution is 2.33. The molecule has 1 aromatic heterocycles. The summed E-state index contributed by atoms with van der Waals surface area (Å²) in [5.41, 5.74) is 5.63. The minimum atomic E-state index is -0.412. The van der Waals surface area contributed by atoms with Crippen LogP contribution in [-0.2, 0) is 37.7 Å². The van der Waals surface area contributed by atoms with E-state index >= 15 is 0 Å². The Hall–Kier alpha value is -3.84. The average Bonchev–Trinajstić information content (AvgIpc) is 3.63. The third-order valence-electron chi connectivity index (χ3n) is 12.8. The molecule has 5 aromatic rings. The molecule has 0 amide bonds. The van der Waals surface area contributed by atoms with Crippen molar-refractivity contribution in [3.05, 3.63) is 136 Å². The SMILES string of the molecule is COC[C@@H]1CN[C@@]2(Cc3ccc(Cl)cc3)CCCN(C[C@H](Cc3ccccc3)CCN(Cc3ccc(Cl)cc3Oc3ccc(-c4cnc(CN(C)C)n4C)cc3)[C@@H](CCF)CN1)C2. The summed E-state index contributed by atoms with van der Waals surface area (Å²) >= 11 is 13.0. The van der Waals surface area contributed by atoms with Crippen LogP contribution in [0.3, 0.4) is 0 Å². The number of nitrogens with one attached hydrogen (secondary N) is 2. The summed E-state index contributed by atoms with van der Waals surface area (Å²) in [6.45, 7) is 6.64. The number of halogens is 3. The molecule has 4 aromatic carbocycles. The van der Waals surface area contributed by atoms with Crippen LogP contribution in [0.15, 0.2) is 103 Å². The smallest absolute Gasteiger partial charge is 0.133 e. The lowest BCUT2D eigenvalue weighted by atomic mass is 9.82. The molecule has 0 spiro atoms. The maximum absolute atomic E-state index is 14.7. The fraction of sp³-hybridized carbons (Fsp3) is 0.471. The van der Waals surface area contributed by atoms with Gasteiger partial charge in [0.2, 0.25) is 0 Å². The van der Waals surface area contributed by atoms with Crippen molar-refractivity contribution in [2.45, 2.75) is 69.2 Å². The number of rotatable bonds is 15. The van der Waals surface area contributed by atoms with Crippen molar-refractivity contribution in [1.29, 1.82) is 0 Å². The standard InChI is InChI=1S/C51H66Cl2FN7O2/c1-58(2)35-50-56-32-48(59(50)3)41-14-19-47(20-15-41)63-49-28-44(53)18-13-42(49)34-61-26-22-40(27-38-9-6-5-7-10-38)33-60-25-8-23-51(37-60,29-39-11-16-43(52)17-12-39)57-30-45(36-62-4)55-31-46(61)21-24-54/h5-7,9-20,28,32,40,45-46,55,57H,8,21-27,29-31,33-37H2,1-4H3/t40-,45-,46-,51+/m0/s1. The number of hydrogen-bond acceptors (Lipinski definition) is 8. The van der Waals surface area contributed by atoms with Gasteiger partial charge in [-0.3, -0.25) is 9.29 Å². The maximum Gasteiger partial charge on any atom is 0.133 e. The lowest BCUT2D eigenvalue weighted by Crippen LogP contribution is -2.62. The number of alkyl halides is 1. The first-order valence-electron chi connectivity index (χ1n) is 22.6. The van der Waals surface area contributed by atoms with Gasteiger partial charge in [0.1, 0.15) is 17.3 Å².